The summed E-state index contributed by atoms with van der Waals surface area (Å²) in [7, 11) is 0. The Kier molecular flexibility index (Phi) is 4.40. The highest BCUT2D eigenvalue weighted by molar-refractivity contribution is 6.32. The minimum absolute atomic E-state index is 0.163. The van der Waals surface area contributed by atoms with Gasteiger partial charge in [0.15, 0.2) is 5.76 Å². The van der Waals surface area contributed by atoms with Crippen LogP contribution < -0.4 is 5.32 Å². The lowest BCUT2D eigenvalue weighted by atomic mass is 10.0. The molecule has 24 heavy (non-hydrogen) atoms. The molecule has 3 aromatic rings. The molecule has 0 radical (unpaired) electrons. The summed E-state index contributed by atoms with van der Waals surface area (Å²) in [5.41, 5.74) is 2.48. The van der Waals surface area contributed by atoms with Crippen molar-refractivity contribution in [2.75, 3.05) is 5.32 Å². The van der Waals surface area contributed by atoms with Crippen LogP contribution in [0, 0.1) is 6.92 Å². The molecule has 3 rings (SSSR count). The van der Waals surface area contributed by atoms with Gasteiger partial charge in [-0.1, -0.05) is 30.3 Å². The van der Waals surface area contributed by atoms with Gasteiger partial charge in [0.25, 0.3) is 0 Å². The third kappa shape index (κ3) is 3.05. The largest absolute Gasteiger partial charge is 0.452 e. The zero-order valence-corrected chi connectivity index (χ0v) is 14.1. The van der Waals surface area contributed by atoms with Crippen molar-refractivity contribution in [1.29, 1.82) is 0 Å². The number of amides is 1. The van der Waals surface area contributed by atoms with Gasteiger partial charge in [0.05, 0.1) is 0 Å². The zero-order chi connectivity index (χ0) is 17.3. The van der Waals surface area contributed by atoms with E-state index in [0.717, 1.165) is 10.9 Å². The molecule has 1 aromatic heterocycles. The topological polar surface area (TPSA) is 59.3 Å². The number of benzene rings is 2. The molecule has 0 fully saturated rings. The fraction of sp³-hybridized carbons (Fsp3) is 0.158. The second kappa shape index (κ2) is 6.49. The molecule has 1 N–H and O–H groups in total. The lowest BCUT2D eigenvalue weighted by Crippen LogP contribution is -2.20. The number of hydrogen-bond acceptors (Lipinski definition) is 3. The summed E-state index contributed by atoms with van der Waals surface area (Å²) >= 11 is 5.75. The molecule has 122 valence electrons. The molecule has 1 atom stereocenters. The number of nitrogens with one attached hydrogen (secondary N) is 1. The maximum atomic E-state index is 12.6. The highest BCUT2D eigenvalue weighted by Crippen LogP contribution is 2.29. The second-order valence-electron chi connectivity index (χ2n) is 5.57. The molecule has 0 aliphatic heterocycles. The van der Waals surface area contributed by atoms with Crippen LogP contribution in [0.5, 0.6) is 0 Å². The summed E-state index contributed by atoms with van der Waals surface area (Å²) in [6.07, 6.45) is 0. The van der Waals surface area contributed by atoms with Crippen LogP contribution >= 0.6 is 11.6 Å². The van der Waals surface area contributed by atoms with E-state index in [4.69, 9.17) is 16.0 Å². The quantitative estimate of drug-likeness (QED) is 0.560. The molecule has 1 heterocycles. The summed E-state index contributed by atoms with van der Waals surface area (Å²) < 4.78 is 5.76. The number of rotatable bonds is 4. The van der Waals surface area contributed by atoms with E-state index in [1.165, 1.54) is 0 Å². The van der Waals surface area contributed by atoms with Crippen molar-refractivity contribution in [2.24, 2.45) is 0 Å². The Hall–Kier alpha value is -2.59. The normalized spacial score (nSPS) is 12.1. The molecule has 0 aliphatic carbocycles. The summed E-state index contributed by atoms with van der Waals surface area (Å²) in [5, 5.41) is 2.92. The average Bonchev–Trinajstić information content (AvgIpc) is 2.91. The number of aryl methyl sites for hydroxylation is 1. The van der Waals surface area contributed by atoms with Gasteiger partial charge >= 0.3 is 0 Å². The Morgan fingerprint density at radius 1 is 1.12 bits per heavy atom. The number of ketones is 1. The molecule has 0 aliphatic rings. The Morgan fingerprint density at radius 2 is 1.83 bits per heavy atom. The van der Waals surface area contributed by atoms with E-state index in [1.54, 1.807) is 31.2 Å². The summed E-state index contributed by atoms with van der Waals surface area (Å²) in [6.45, 7) is 3.45. The summed E-state index contributed by atoms with van der Waals surface area (Å²) in [6, 6.07) is 14.3. The molecule has 0 saturated heterocycles. The Morgan fingerprint density at radius 3 is 2.50 bits per heavy atom. The molecule has 5 heteroatoms. The first-order chi connectivity index (χ1) is 11.5. The predicted octanol–water partition coefficient (Wildman–Crippen LogP) is 4.54. The molecule has 2 aromatic carbocycles. The smallest absolute Gasteiger partial charge is 0.242 e. The monoisotopic (exact) mass is 341 g/mol. The molecule has 4 nitrogen and oxygen atoms in total. The van der Waals surface area contributed by atoms with Gasteiger partial charge in [0.2, 0.25) is 11.7 Å². The number of alkyl halides is 1. The van der Waals surface area contributed by atoms with Crippen LogP contribution in [0.15, 0.2) is 52.9 Å². The van der Waals surface area contributed by atoms with Crippen LogP contribution in [0.2, 0.25) is 0 Å². The van der Waals surface area contributed by atoms with Gasteiger partial charge in [-0.25, -0.2) is 0 Å². The maximum Gasteiger partial charge on any atom is 0.242 e. The van der Waals surface area contributed by atoms with Crippen molar-refractivity contribution in [3.63, 3.8) is 0 Å². The number of carbonyl (C=O) groups excluding carboxylic acids is 2. The van der Waals surface area contributed by atoms with Gasteiger partial charge in [0.1, 0.15) is 11.0 Å². The minimum atomic E-state index is -0.630. The fourth-order valence-corrected chi connectivity index (χ4v) is 2.54. The number of carbonyl (C=O) groups is 2. The standard InChI is InChI=1S/C19H16ClNO3/c1-11-15-9-8-14(21-19(23)12(2)20)10-16(15)24-18(11)17(22)13-6-4-3-5-7-13/h3-10,12H,1-2H3,(H,21,23). The first kappa shape index (κ1) is 16.3. The molecular weight excluding hydrogens is 326 g/mol. The number of hydrogen-bond donors (Lipinski definition) is 1. The highest BCUT2D eigenvalue weighted by atomic mass is 35.5. The molecule has 1 amide bonds. The van der Waals surface area contributed by atoms with E-state index >= 15 is 0 Å². The van der Waals surface area contributed by atoms with Crippen LogP contribution in [0.4, 0.5) is 5.69 Å². The van der Waals surface area contributed by atoms with Crippen molar-refractivity contribution >= 4 is 39.9 Å². The fourth-order valence-electron chi connectivity index (χ4n) is 2.48. The minimum Gasteiger partial charge on any atom is -0.452 e. The lowest BCUT2D eigenvalue weighted by molar-refractivity contribution is -0.115. The number of furan rings is 1. The highest BCUT2D eigenvalue weighted by Gasteiger charge is 2.19. The third-order valence-corrected chi connectivity index (χ3v) is 4.01. The third-order valence-electron chi connectivity index (χ3n) is 3.81. The zero-order valence-electron chi connectivity index (χ0n) is 13.3. The molecule has 0 bridgehead atoms. The van der Waals surface area contributed by atoms with Crippen LogP contribution in [-0.4, -0.2) is 17.1 Å². The van der Waals surface area contributed by atoms with Crippen LogP contribution in [-0.2, 0) is 4.79 Å². The van der Waals surface area contributed by atoms with Crippen LogP contribution in [0.1, 0.15) is 28.6 Å². The van der Waals surface area contributed by atoms with Gasteiger partial charge in [-0.2, -0.15) is 0 Å². The van der Waals surface area contributed by atoms with Gasteiger partial charge in [-0.05, 0) is 26.0 Å². The average molecular weight is 342 g/mol. The second-order valence-corrected chi connectivity index (χ2v) is 6.22. The van der Waals surface area contributed by atoms with E-state index in [2.05, 4.69) is 5.32 Å². The van der Waals surface area contributed by atoms with E-state index in [0.29, 0.717) is 22.6 Å². The molecule has 1 unspecified atom stereocenters. The molecule has 0 spiro atoms. The van der Waals surface area contributed by atoms with Crippen molar-refractivity contribution < 1.29 is 14.0 Å². The first-order valence-corrected chi connectivity index (χ1v) is 7.99. The summed E-state index contributed by atoms with van der Waals surface area (Å²) in [5.74, 6) is -0.144. The van der Waals surface area contributed by atoms with Crippen LogP contribution in [0.25, 0.3) is 11.0 Å². The van der Waals surface area contributed by atoms with E-state index in [1.807, 2.05) is 31.2 Å². The van der Waals surface area contributed by atoms with Crippen molar-refractivity contribution in [1.82, 2.24) is 0 Å². The van der Waals surface area contributed by atoms with E-state index in [-0.39, 0.29) is 11.7 Å². The van der Waals surface area contributed by atoms with Gasteiger partial charge in [-0.15, -0.1) is 11.6 Å². The Bertz CT molecular complexity index is 913. The van der Waals surface area contributed by atoms with Crippen molar-refractivity contribution in [2.45, 2.75) is 19.2 Å². The lowest BCUT2D eigenvalue weighted by Gasteiger charge is -2.05. The number of halogens is 1. The number of fused-ring (bicyclic) bond motifs is 1. The van der Waals surface area contributed by atoms with E-state index in [9.17, 15) is 9.59 Å². The van der Waals surface area contributed by atoms with E-state index < -0.39 is 5.38 Å². The maximum absolute atomic E-state index is 12.6. The first-order valence-electron chi connectivity index (χ1n) is 7.55. The molecular formula is C19H16ClNO3. The van der Waals surface area contributed by atoms with Gasteiger partial charge in [-0.3, -0.25) is 9.59 Å². The van der Waals surface area contributed by atoms with Gasteiger partial charge < -0.3 is 9.73 Å². The SMILES string of the molecule is Cc1c(C(=O)c2ccccc2)oc2cc(NC(=O)C(C)Cl)ccc12. The van der Waals surface area contributed by atoms with Crippen LogP contribution in [0.3, 0.4) is 0 Å². The van der Waals surface area contributed by atoms with Crippen molar-refractivity contribution in [3.8, 4) is 0 Å². The molecule has 0 saturated carbocycles. The van der Waals surface area contributed by atoms with Gasteiger partial charge in [0, 0.05) is 28.3 Å². The number of anilines is 1. The Labute approximate surface area is 144 Å². The predicted molar refractivity (Wildman–Crippen MR) is 94.8 cm³/mol. The summed E-state index contributed by atoms with van der Waals surface area (Å²) in [4.78, 5) is 24.3. The Balaban J connectivity index is 1.98. The van der Waals surface area contributed by atoms with Crippen molar-refractivity contribution in [3.05, 3.63) is 65.4 Å².